The minimum absolute atomic E-state index is 0.00831. The summed E-state index contributed by atoms with van der Waals surface area (Å²) in [7, 11) is -3.05. The van der Waals surface area contributed by atoms with Gasteiger partial charge in [-0.3, -0.25) is 4.72 Å². The van der Waals surface area contributed by atoms with Crippen LogP contribution in [0.1, 0.15) is 15.9 Å². The fourth-order valence-corrected chi connectivity index (χ4v) is 2.99. The minimum atomic E-state index is -4.36. The molecular formula is C14H13FN2O5S. The average Bonchev–Trinajstić information content (AvgIpc) is 2.47. The van der Waals surface area contributed by atoms with Gasteiger partial charge in [0.2, 0.25) is 5.88 Å². The van der Waals surface area contributed by atoms with E-state index < -0.39 is 26.7 Å². The summed E-state index contributed by atoms with van der Waals surface area (Å²) in [5.41, 5.74) is 0.331. The second-order valence-corrected chi connectivity index (χ2v) is 6.28. The fraction of sp³-hybridized carbons (Fsp3) is 0.143. The smallest absolute Gasteiger partial charge is 0.335 e. The van der Waals surface area contributed by atoms with Gasteiger partial charge in [0, 0.05) is 6.20 Å². The topological polar surface area (TPSA) is 106 Å². The molecule has 0 atom stereocenters. The van der Waals surface area contributed by atoms with Crippen LogP contribution in [-0.4, -0.2) is 31.6 Å². The number of nitrogens with zero attached hydrogens (tertiary/aromatic N) is 1. The molecule has 0 aliphatic heterocycles. The van der Waals surface area contributed by atoms with Gasteiger partial charge in [-0.05, 0) is 36.8 Å². The first-order chi connectivity index (χ1) is 10.7. The largest absolute Gasteiger partial charge is 0.480 e. The molecule has 2 aromatic rings. The summed E-state index contributed by atoms with van der Waals surface area (Å²) in [6.07, 6.45) is 1.47. The first kappa shape index (κ1) is 16.7. The normalized spacial score (nSPS) is 11.1. The molecule has 0 fully saturated rings. The summed E-state index contributed by atoms with van der Waals surface area (Å²) in [6.45, 7) is 1.69. The van der Waals surface area contributed by atoms with Gasteiger partial charge >= 0.3 is 5.97 Å². The number of aromatic nitrogens is 1. The van der Waals surface area contributed by atoms with Crippen LogP contribution in [0.5, 0.6) is 5.88 Å². The Morgan fingerprint density at radius 3 is 2.65 bits per heavy atom. The molecule has 122 valence electrons. The average molecular weight is 340 g/mol. The number of carbonyl (C=O) groups is 1. The van der Waals surface area contributed by atoms with E-state index in [9.17, 15) is 17.6 Å². The number of carboxylic acids is 1. The van der Waals surface area contributed by atoms with Crippen LogP contribution in [0.4, 0.5) is 10.1 Å². The summed E-state index contributed by atoms with van der Waals surface area (Å²) in [6, 6.07) is 3.97. The summed E-state index contributed by atoms with van der Waals surface area (Å²) in [5.74, 6) is -2.42. The van der Waals surface area contributed by atoms with Crippen molar-refractivity contribution >= 4 is 21.7 Å². The van der Waals surface area contributed by atoms with Gasteiger partial charge in [-0.25, -0.2) is 22.6 Å². The monoisotopic (exact) mass is 340 g/mol. The highest BCUT2D eigenvalue weighted by Crippen LogP contribution is 2.26. The van der Waals surface area contributed by atoms with E-state index in [-0.39, 0.29) is 17.1 Å². The molecule has 0 radical (unpaired) electrons. The number of benzene rings is 1. The number of sulfonamides is 1. The number of methoxy groups -OCH3 is 1. The number of carboxylic acid groups (broad SMARTS) is 1. The Bertz CT molecular complexity index is 867. The van der Waals surface area contributed by atoms with Crippen molar-refractivity contribution in [2.24, 2.45) is 0 Å². The van der Waals surface area contributed by atoms with Crippen molar-refractivity contribution in [3.05, 3.63) is 47.4 Å². The summed E-state index contributed by atoms with van der Waals surface area (Å²) in [5, 5.41) is 8.91. The third-order valence-electron chi connectivity index (χ3n) is 2.89. The lowest BCUT2D eigenvalue weighted by Crippen LogP contribution is -2.16. The SMILES string of the molecule is COc1ncc(C)cc1NS(=O)(=O)c1cc(C(=O)O)ccc1F. The second-order valence-electron chi connectivity index (χ2n) is 4.63. The molecule has 1 aromatic carbocycles. The molecule has 0 saturated carbocycles. The Morgan fingerprint density at radius 2 is 2.04 bits per heavy atom. The summed E-state index contributed by atoms with van der Waals surface area (Å²) < 4.78 is 45.6. The number of rotatable bonds is 5. The number of halogens is 1. The van der Waals surface area contributed by atoms with Gasteiger partial charge in [0.25, 0.3) is 10.0 Å². The molecule has 0 amide bonds. The van der Waals surface area contributed by atoms with Crippen LogP contribution in [0.2, 0.25) is 0 Å². The zero-order chi connectivity index (χ0) is 17.2. The van der Waals surface area contributed by atoms with E-state index in [0.717, 1.165) is 18.2 Å². The molecule has 0 unspecified atom stereocenters. The molecule has 0 saturated heterocycles. The Morgan fingerprint density at radius 1 is 1.35 bits per heavy atom. The highest BCUT2D eigenvalue weighted by molar-refractivity contribution is 7.92. The van der Waals surface area contributed by atoms with Crippen molar-refractivity contribution in [1.29, 1.82) is 0 Å². The van der Waals surface area contributed by atoms with Gasteiger partial charge < -0.3 is 9.84 Å². The maximum Gasteiger partial charge on any atom is 0.335 e. The van der Waals surface area contributed by atoms with Crippen LogP contribution in [0.25, 0.3) is 0 Å². The quantitative estimate of drug-likeness (QED) is 0.863. The molecule has 1 heterocycles. The van der Waals surface area contributed by atoms with Gasteiger partial charge in [0.1, 0.15) is 16.4 Å². The van der Waals surface area contributed by atoms with E-state index >= 15 is 0 Å². The highest BCUT2D eigenvalue weighted by atomic mass is 32.2. The third kappa shape index (κ3) is 3.57. The predicted octanol–water partition coefficient (Wildman–Crippen LogP) is 2.04. The van der Waals surface area contributed by atoms with Crippen LogP contribution in [0.15, 0.2) is 35.4 Å². The molecule has 7 nitrogen and oxygen atoms in total. The summed E-state index contributed by atoms with van der Waals surface area (Å²) >= 11 is 0. The lowest BCUT2D eigenvalue weighted by Gasteiger charge is -2.12. The van der Waals surface area contributed by atoms with Crippen LogP contribution in [0, 0.1) is 12.7 Å². The number of aromatic carboxylic acids is 1. The predicted molar refractivity (Wildman–Crippen MR) is 79.7 cm³/mol. The number of hydrogen-bond donors (Lipinski definition) is 2. The number of hydrogen-bond acceptors (Lipinski definition) is 5. The van der Waals surface area contributed by atoms with Gasteiger partial charge in [-0.2, -0.15) is 0 Å². The maximum atomic E-state index is 13.8. The summed E-state index contributed by atoms with van der Waals surface area (Å²) in [4.78, 5) is 14.1. The van der Waals surface area contributed by atoms with E-state index in [4.69, 9.17) is 9.84 Å². The van der Waals surface area contributed by atoms with Crippen LogP contribution in [-0.2, 0) is 10.0 Å². The number of anilines is 1. The van der Waals surface area contributed by atoms with Crippen LogP contribution >= 0.6 is 0 Å². The number of pyridine rings is 1. The number of ether oxygens (including phenoxy) is 1. The number of nitrogens with one attached hydrogen (secondary N) is 1. The maximum absolute atomic E-state index is 13.8. The zero-order valence-corrected chi connectivity index (χ0v) is 13.0. The third-order valence-corrected chi connectivity index (χ3v) is 4.27. The number of aryl methyl sites for hydroxylation is 1. The standard InChI is InChI=1S/C14H13FN2O5S/c1-8-5-11(13(22-2)16-7-8)17-23(20,21)12-6-9(14(18)19)3-4-10(12)15/h3-7,17H,1-2H3,(H,18,19). The van der Waals surface area contributed by atoms with E-state index in [0.29, 0.717) is 5.56 Å². The fourth-order valence-electron chi connectivity index (χ4n) is 1.83. The lowest BCUT2D eigenvalue weighted by molar-refractivity contribution is 0.0696. The first-order valence-corrected chi connectivity index (χ1v) is 7.79. The van der Waals surface area contributed by atoms with E-state index in [2.05, 4.69) is 9.71 Å². The molecule has 0 spiro atoms. The first-order valence-electron chi connectivity index (χ1n) is 6.31. The van der Waals surface area contributed by atoms with Crippen molar-refractivity contribution in [2.75, 3.05) is 11.8 Å². The Balaban J connectivity index is 2.50. The Labute approximate surface area is 131 Å². The van der Waals surface area contributed by atoms with Crippen molar-refractivity contribution in [3.8, 4) is 5.88 Å². The molecule has 9 heteroatoms. The lowest BCUT2D eigenvalue weighted by atomic mass is 10.2. The minimum Gasteiger partial charge on any atom is -0.480 e. The molecule has 1 aromatic heterocycles. The highest BCUT2D eigenvalue weighted by Gasteiger charge is 2.23. The van der Waals surface area contributed by atoms with Gasteiger partial charge in [0.15, 0.2) is 0 Å². The van der Waals surface area contributed by atoms with Crippen molar-refractivity contribution in [3.63, 3.8) is 0 Å². The zero-order valence-electron chi connectivity index (χ0n) is 12.2. The molecule has 0 aliphatic carbocycles. The molecular weight excluding hydrogens is 327 g/mol. The van der Waals surface area contributed by atoms with E-state index in [1.54, 1.807) is 6.92 Å². The molecule has 2 rings (SSSR count). The van der Waals surface area contributed by atoms with E-state index in [1.165, 1.54) is 19.4 Å². The van der Waals surface area contributed by atoms with Gasteiger partial charge in [-0.15, -0.1) is 0 Å². The van der Waals surface area contributed by atoms with Gasteiger partial charge in [-0.1, -0.05) is 0 Å². The molecule has 0 aliphatic rings. The van der Waals surface area contributed by atoms with Crippen LogP contribution in [0.3, 0.4) is 0 Å². The van der Waals surface area contributed by atoms with Crippen molar-refractivity contribution in [1.82, 2.24) is 4.98 Å². The molecule has 23 heavy (non-hydrogen) atoms. The molecule has 0 bridgehead atoms. The second kappa shape index (κ2) is 6.21. The Kier molecular flexibility index (Phi) is 4.50. The van der Waals surface area contributed by atoms with Gasteiger partial charge in [0.05, 0.1) is 12.7 Å². The molecule has 2 N–H and O–H groups in total. The van der Waals surface area contributed by atoms with Crippen molar-refractivity contribution < 1.29 is 27.4 Å². The Hall–Kier alpha value is -2.68. The van der Waals surface area contributed by atoms with Crippen LogP contribution < -0.4 is 9.46 Å². The van der Waals surface area contributed by atoms with E-state index in [1.807, 2.05) is 0 Å². The van der Waals surface area contributed by atoms with Crippen molar-refractivity contribution in [2.45, 2.75) is 11.8 Å².